The number of nitrogens with zero attached hydrogens (tertiary/aromatic N) is 5. The van der Waals surface area contributed by atoms with Crippen molar-refractivity contribution in [2.75, 3.05) is 39.3 Å². The van der Waals surface area contributed by atoms with Gasteiger partial charge in [-0.15, -0.1) is 11.3 Å². The van der Waals surface area contributed by atoms with Crippen LogP contribution in [0.25, 0.3) is 0 Å². The second kappa shape index (κ2) is 10.1. The van der Waals surface area contributed by atoms with Gasteiger partial charge >= 0.3 is 0 Å². The Balaban J connectivity index is 1.10. The summed E-state index contributed by atoms with van der Waals surface area (Å²) in [5.74, 6) is 0.493. The first-order valence-electron chi connectivity index (χ1n) is 11.1. The first-order chi connectivity index (χ1) is 16.6. The molecule has 4 heterocycles. The zero-order valence-corrected chi connectivity index (χ0v) is 20.0. The first-order valence-corrected chi connectivity index (χ1v) is 12.4. The summed E-state index contributed by atoms with van der Waals surface area (Å²) in [7, 11) is 0. The van der Waals surface area contributed by atoms with E-state index in [0.29, 0.717) is 60.2 Å². The number of aromatic nitrogens is 2. The van der Waals surface area contributed by atoms with Crippen LogP contribution < -0.4 is 4.74 Å². The van der Waals surface area contributed by atoms with Crippen LogP contribution in [0.2, 0.25) is 5.02 Å². The van der Waals surface area contributed by atoms with Crippen LogP contribution in [-0.2, 0) is 6.61 Å². The van der Waals surface area contributed by atoms with Gasteiger partial charge in [0.15, 0.2) is 5.01 Å². The molecule has 0 spiro atoms. The molecule has 2 aliphatic heterocycles. The molecule has 34 heavy (non-hydrogen) atoms. The highest BCUT2D eigenvalue weighted by atomic mass is 35.5. The second-order valence-corrected chi connectivity index (χ2v) is 9.59. The zero-order valence-electron chi connectivity index (χ0n) is 18.5. The number of carbonyl (C=O) groups is 2. The number of amides is 2. The van der Waals surface area contributed by atoms with Gasteiger partial charge in [0.1, 0.15) is 12.4 Å². The number of piperazine rings is 1. The van der Waals surface area contributed by atoms with Gasteiger partial charge in [-0.05, 0) is 30.3 Å². The molecule has 0 aliphatic carbocycles. The average Bonchev–Trinajstić information content (AvgIpc) is 3.38. The fourth-order valence-electron chi connectivity index (χ4n) is 4.18. The number of ether oxygens (including phenoxy) is 1. The van der Waals surface area contributed by atoms with Crippen LogP contribution in [0.1, 0.15) is 25.9 Å². The van der Waals surface area contributed by atoms with Crippen LogP contribution in [0.15, 0.2) is 54.2 Å². The monoisotopic (exact) mass is 497 g/mol. The molecule has 0 unspecified atom stereocenters. The molecule has 2 amide bonds. The third kappa shape index (κ3) is 4.91. The van der Waals surface area contributed by atoms with E-state index < -0.39 is 0 Å². The summed E-state index contributed by atoms with van der Waals surface area (Å²) < 4.78 is 5.75. The Bertz CT molecular complexity index is 1150. The van der Waals surface area contributed by atoms with Crippen molar-refractivity contribution in [1.29, 1.82) is 0 Å². The van der Waals surface area contributed by atoms with E-state index in [1.165, 1.54) is 11.3 Å². The van der Waals surface area contributed by atoms with Gasteiger partial charge in [-0.2, -0.15) is 0 Å². The van der Waals surface area contributed by atoms with Gasteiger partial charge in [0.25, 0.3) is 11.8 Å². The molecular formula is C24H24ClN5O3S. The van der Waals surface area contributed by atoms with Crippen LogP contribution in [0, 0.1) is 0 Å². The minimum Gasteiger partial charge on any atom is -0.486 e. The Labute approximate surface area is 206 Å². The van der Waals surface area contributed by atoms with Crippen molar-refractivity contribution >= 4 is 34.8 Å². The summed E-state index contributed by atoms with van der Waals surface area (Å²) in [6, 6.07) is 11.1. The third-order valence-corrected chi connectivity index (χ3v) is 7.22. The Morgan fingerprint density at radius 1 is 1.00 bits per heavy atom. The molecule has 2 saturated heterocycles. The molecule has 3 aromatic rings. The van der Waals surface area contributed by atoms with Gasteiger partial charge in [-0.25, -0.2) is 4.98 Å². The van der Waals surface area contributed by atoms with E-state index in [0.717, 1.165) is 18.8 Å². The van der Waals surface area contributed by atoms with Crippen molar-refractivity contribution in [3.8, 4) is 5.75 Å². The van der Waals surface area contributed by atoms with E-state index in [9.17, 15) is 9.59 Å². The van der Waals surface area contributed by atoms with E-state index >= 15 is 0 Å². The lowest BCUT2D eigenvalue weighted by atomic mass is 10.0. The van der Waals surface area contributed by atoms with Crippen LogP contribution >= 0.6 is 22.9 Å². The van der Waals surface area contributed by atoms with Crippen molar-refractivity contribution in [1.82, 2.24) is 24.7 Å². The molecule has 2 fully saturated rings. The number of carbonyl (C=O) groups excluding carboxylic acids is 2. The predicted octanol–water partition coefficient (Wildman–Crippen LogP) is 3.05. The molecule has 8 nitrogen and oxygen atoms in total. The highest BCUT2D eigenvalue weighted by Gasteiger charge is 2.37. The smallest absolute Gasteiger partial charge is 0.282 e. The number of hydrogen-bond acceptors (Lipinski definition) is 7. The molecule has 0 radical (unpaired) electrons. The van der Waals surface area contributed by atoms with Gasteiger partial charge in [-0.3, -0.25) is 19.5 Å². The lowest BCUT2D eigenvalue weighted by Crippen LogP contribution is -2.64. The van der Waals surface area contributed by atoms with Crippen molar-refractivity contribution in [3.05, 3.63) is 75.5 Å². The molecule has 10 heteroatoms. The molecule has 1 aromatic carbocycles. The number of thiazole rings is 1. The normalized spacial score (nSPS) is 16.9. The van der Waals surface area contributed by atoms with Gasteiger partial charge < -0.3 is 14.5 Å². The summed E-state index contributed by atoms with van der Waals surface area (Å²) in [4.78, 5) is 39.8. The van der Waals surface area contributed by atoms with E-state index in [4.69, 9.17) is 16.3 Å². The summed E-state index contributed by atoms with van der Waals surface area (Å²) in [6.45, 7) is 4.63. The zero-order chi connectivity index (χ0) is 23.5. The van der Waals surface area contributed by atoms with Crippen molar-refractivity contribution in [2.24, 2.45) is 0 Å². The standard InChI is InChI=1S/C24H24ClN5O3S/c25-20-13-17(4-5-21(20)33-16-18-3-1-2-6-26-18)23(31)30-14-19(15-30)28-8-10-29(11-9-28)24(32)22-27-7-12-34-22/h1-7,12-13,19H,8-11,14-16H2. The van der Waals surface area contributed by atoms with Crippen molar-refractivity contribution in [2.45, 2.75) is 12.6 Å². The maximum atomic E-state index is 12.9. The number of benzene rings is 1. The lowest BCUT2D eigenvalue weighted by molar-refractivity contribution is 0.00853. The molecule has 0 N–H and O–H groups in total. The molecule has 176 valence electrons. The van der Waals surface area contributed by atoms with Gasteiger partial charge in [0, 0.05) is 68.6 Å². The molecule has 5 rings (SSSR count). The minimum absolute atomic E-state index is 0.00407. The fourth-order valence-corrected chi connectivity index (χ4v) is 5.01. The average molecular weight is 498 g/mol. The highest BCUT2D eigenvalue weighted by Crippen LogP contribution is 2.28. The van der Waals surface area contributed by atoms with Gasteiger partial charge in [0.2, 0.25) is 0 Å². The van der Waals surface area contributed by atoms with Crippen LogP contribution in [0.4, 0.5) is 0 Å². The van der Waals surface area contributed by atoms with Crippen molar-refractivity contribution in [3.63, 3.8) is 0 Å². The van der Waals surface area contributed by atoms with Crippen LogP contribution in [0.3, 0.4) is 0 Å². The van der Waals surface area contributed by atoms with E-state index in [1.54, 1.807) is 30.6 Å². The van der Waals surface area contributed by atoms with E-state index in [2.05, 4.69) is 14.9 Å². The van der Waals surface area contributed by atoms with Gasteiger partial charge in [-0.1, -0.05) is 17.7 Å². The van der Waals surface area contributed by atoms with Crippen LogP contribution in [0.5, 0.6) is 5.75 Å². The fraction of sp³-hybridized carbons (Fsp3) is 0.333. The highest BCUT2D eigenvalue weighted by molar-refractivity contribution is 7.11. The maximum Gasteiger partial charge on any atom is 0.282 e. The molecule has 2 aliphatic rings. The Kier molecular flexibility index (Phi) is 6.75. The summed E-state index contributed by atoms with van der Waals surface area (Å²) in [5, 5.41) is 2.76. The quantitative estimate of drug-likeness (QED) is 0.521. The topological polar surface area (TPSA) is 78.9 Å². The number of pyridine rings is 1. The molecule has 0 saturated carbocycles. The van der Waals surface area contributed by atoms with E-state index in [-0.39, 0.29) is 11.8 Å². The maximum absolute atomic E-state index is 12.9. The van der Waals surface area contributed by atoms with Crippen LogP contribution in [-0.4, -0.2) is 81.8 Å². The SMILES string of the molecule is O=C(c1ccc(OCc2ccccn2)c(Cl)c1)N1CC(N2CCN(C(=O)c3nccs3)CC2)C1. The molecule has 0 bridgehead atoms. The number of hydrogen-bond donors (Lipinski definition) is 0. The first kappa shape index (κ1) is 22.8. The van der Waals surface area contributed by atoms with E-state index in [1.807, 2.05) is 33.4 Å². The summed E-state index contributed by atoms with van der Waals surface area (Å²) in [5.41, 5.74) is 1.35. The minimum atomic E-state index is -0.0352. The number of rotatable bonds is 6. The predicted molar refractivity (Wildman–Crippen MR) is 129 cm³/mol. The lowest BCUT2D eigenvalue weighted by Gasteiger charge is -2.48. The largest absolute Gasteiger partial charge is 0.486 e. The number of likely N-dealkylation sites (tertiary alicyclic amines) is 1. The third-order valence-electron chi connectivity index (χ3n) is 6.16. The summed E-state index contributed by atoms with van der Waals surface area (Å²) in [6.07, 6.45) is 3.37. The Morgan fingerprint density at radius 2 is 1.82 bits per heavy atom. The molecular weight excluding hydrogens is 474 g/mol. The summed E-state index contributed by atoms with van der Waals surface area (Å²) >= 11 is 7.74. The van der Waals surface area contributed by atoms with Crippen molar-refractivity contribution < 1.29 is 14.3 Å². The Morgan fingerprint density at radius 3 is 2.50 bits per heavy atom. The Hall–Kier alpha value is -3.01. The second-order valence-electron chi connectivity index (χ2n) is 8.28. The van der Waals surface area contributed by atoms with Gasteiger partial charge in [0.05, 0.1) is 10.7 Å². The molecule has 2 aromatic heterocycles. The number of halogens is 1. The molecule has 0 atom stereocenters.